The van der Waals surface area contributed by atoms with Crippen LogP contribution in [0.4, 0.5) is 0 Å². The number of hydrogen-bond donors (Lipinski definition) is 2. The van der Waals surface area contributed by atoms with E-state index in [0.29, 0.717) is 6.54 Å². The van der Waals surface area contributed by atoms with Gasteiger partial charge in [0.25, 0.3) is 5.91 Å². The minimum Gasteiger partial charge on any atom is -0.478 e. The Labute approximate surface area is 92.4 Å². The molecule has 1 heterocycles. The second kappa shape index (κ2) is 3.66. The van der Waals surface area contributed by atoms with Crippen LogP contribution in [0.1, 0.15) is 40.7 Å². The zero-order chi connectivity index (χ0) is 11.8. The van der Waals surface area contributed by atoms with Crippen LogP contribution < -0.4 is 5.32 Å². The Kier molecular flexibility index (Phi) is 2.46. The molecule has 5 nitrogen and oxygen atoms in total. The van der Waals surface area contributed by atoms with Gasteiger partial charge in [-0.3, -0.25) is 4.79 Å². The van der Waals surface area contributed by atoms with E-state index in [-0.39, 0.29) is 22.6 Å². The van der Waals surface area contributed by atoms with Gasteiger partial charge in [-0.05, 0) is 18.3 Å². The van der Waals surface area contributed by atoms with Crippen LogP contribution in [0.2, 0.25) is 0 Å². The normalized spacial score (nSPS) is 16.8. The minimum absolute atomic E-state index is 0.0113. The molecule has 1 aliphatic rings. The van der Waals surface area contributed by atoms with Crippen molar-refractivity contribution in [1.29, 1.82) is 0 Å². The van der Waals surface area contributed by atoms with Crippen molar-refractivity contribution >= 4 is 11.9 Å². The predicted octanol–water partition coefficient (Wildman–Crippen LogP) is 1.51. The molecule has 0 aromatic carbocycles. The van der Waals surface area contributed by atoms with Gasteiger partial charge in [0.05, 0.1) is 5.56 Å². The highest BCUT2D eigenvalue weighted by atomic mass is 16.4. The zero-order valence-electron chi connectivity index (χ0n) is 8.95. The number of rotatable bonds is 4. The Balaban J connectivity index is 1.95. The van der Waals surface area contributed by atoms with Crippen LogP contribution in [0.25, 0.3) is 0 Å². The van der Waals surface area contributed by atoms with Gasteiger partial charge >= 0.3 is 5.97 Å². The lowest BCUT2D eigenvalue weighted by Crippen LogP contribution is -2.28. The Hall–Kier alpha value is -1.78. The van der Waals surface area contributed by atoms with E-state index in [1.54, 1.807) is 0 Å². The van der Waals surface area contributed by atoms with E-state index in [4.69, 9.17) is 9.52 Å². The summed E-state index contributed by atoms with van der Waals surface area (Å²) in [6.45, 7) is 2.70. The van der Waals surface area contributed by atoms with E-state index in [1.807, 2.05) is 0 Å². The van der Waals surface area contributed by atoms with E-state index >= 15 is 0 Å². The second-order valence-corrected chi connectivity index (χ2v) is 4.50. The molecule has 2 N–H and O–H groups in total. The first-order valence-electron chi connectivity index (χ1n) is 5.10. The van der Waals surface area contributed by atoms with Crippen molar-refractivity contribution in [2.75, 3.05) is 6.54 Å². The van der Waals surface area contributed by atoms with Crippen molar-refractivity contribution in [1.82, 2.24) is 5.32 Å². The summed E-state index contributed by atoms with van der Waals surface area (Å²) >= 11 is 0. The van der Waals surface area contributed by atoms with Crippen molar-refractivity contribution in [3.63, 3.8) is 0 Å². The minimum atomic E-state index is -1.10. The summed E-state index contributed by atoms with van der Waals surface area (Å²) in [7, 11) is 0. The monoisotopic (exact) mass is 223 g/mol. The van der Waals surface area contributed by atoms with Gasteiger partial charge in [-0.1, -0.05) is 6.92 Å². The van der Waals surface area contributed by atoms with Gasteiger partial charge in [-0.15, -0.1) is 0 Å². The highest BCUT2D eigenvalue weighted by Crippen LogP contribution is 2.44. The van der Waals surface area contributed by atoms with Crippen LogP contribution >= 0.6 is 0 Å². The third-order valence-corrected chi connectivity index (χ3v) is 2.85. The molecule has 5 heteroatoms. The van der Waals surface area contributed by atoms with Gasteiger partial charge in [0.1, 0.15) is 6.26 Å². The molecular formula is C11H13NO4. The van der Waals surface area contributed by atoms with Gasteiger partial charge in [0, 0.05) is 12.6 Å². The molecule has 1 saturated carbocycles. The number of carbonyl (C=O) groups is 2. The van der Waals surface area contributed by atoms with Crippen molar-refractivity contribution in [3.05, 3.63) is 23.7 Å². The van der Waals surface area contributed by atoms with Crippen molar-refractivity contribution in [2.24, 2.45) is 5.41 Å². The lowest BCUT2D eigenvalue weighted by molar-refractivity contribution is 0.0696. The number of hydrogen-bond acceptors (Lipinski definition) is 3. The first-order chi connectivity index (χ1) is 7.50. The van der Waals surface area contributed by atoms with Crippen molar-refractivity contribution in [3.8, 4) is 0 Å². The number of furan rings is 1. The molecule has 0 radical (unpaired) electrons. The topological polar surface area (TPSA) is 79.5 Å². The summed E-state index contributed by atoms with van der Waals surface area (Å²) in [5, 5.41) is 11.4. The first-order valence-corrected chi connectivity index (χ1v) is 5.10. The standard InChI is InChI=1S/C11H13NO4/c1-11(2-3-11)6-12-9(13)8-4-7(5-16-8)10(14)15/h4-5H,2-3,6H2,1H3,(H,12,13)(H,14,15). The van der Waals surface area contributed by atoms with Gasteiger partial charge in [0.2, 0.25) is 0 Å². The molecule has 0 saturated heterocycles. The number of carbonyl (C=O) groups excluding carboxylic acids is 1. The third kappa shape index (κ3) is 2.24. The Bertz CT molecular complexity index is 431. The highest BCUT2D eigenvalue weighted by Gasteiger charge is 2.37. The van der Waals surface area contributed by atoms with Crippen LogP contribution in [0.15, 0.2) is 16.7 Å². The van der Waals surface area contributed by atoms with E-state index < -0.39 is 5.97 Å². The number of aromatic carboxylic acids is 1. The fraction of sp³-hybridized carbons (Fsp3) is 0.455. The van der Waals surface area contributed by atoms with Crippen LogP contribution in [0.5, 0.6) is 0 Å². The van der Waals surface area contributed by atoms with E-state index in [2.05, 4.69) is 12.2 Å². The molecule has 0 spiro atoms. The van der Waals surface area contributed by atoms with Crippen LogP contribution in [0, 0.1) is 5.41 Å². The summed E-state index contributed by atoms with van der Waals surface area (Å²) in [5.74, 6) is -1.42. The summed E-state index contributed by atoms with van der Waals surface area (Å²) in [5.41, 5.74) is 0.209. The molecule has 1 amide bonds. The van der Waals surface area contributed by atoms with Crippen LogP contribution in [-0.2, 0) is 0 Å². The fourth-order valence-electron chi connectivity index (χ4n) is 1.34. The molecule has 1 fully saturated rings. The Morgan fingerprint density at radius 3 is 2.75 bits per heavy atom. The van der Waals surface area contributed by atoms with E-state index in [0.717, 1.165) is 19.1 Å². The fourth-order valence-corrected chi connectivity index (χ4v) is 1.34. The SMILES string of the molecule is CC1(CNC(=O)c2cc(C(=O)O)co2)CC1. The van der Waals surface area contributed by atoms with Crippen LogP contribution in [-0.4, -0.2) is 23.5 Å². The molecule has 2 rings (SSSR count). The molecule has 16 heavy (non-hydrogen) atoms. The molecule has 0 bridgehead atoms. The average molecular weight is 223 g/mol. The summed E-state index contributed by atoms with van der Waals surface area (Å²) < 4.78 is 4.88. The van der Waals surface area contributed by atoms with Gasteiger partial charge in [-0.2, -0.15) is 0 Å². The molecule has 86 valence electrons. The summed E-state index contributed by atoms with van der Waals surface area (Å²) in [6.07, 6.45) is 3.30. The smallest absolute Gasteiger partial charge is 0.338 e. The Morgan fingerprint density at radius 1 is 1.56 bits per heavy atom. The number of carboxylic acid groups (broad SMARTS) is 1. The first kappa shape index (κ1) is 10.7. The molecule has 0 aliphatic heterocycles. The molecule has 1 aliphatic carbocycles. The zero-order valence-corrected chi connectivity index (χ0v) is 8.95. The lowest BCUT2D eigenvalue weighted by Gasteiger charge is -2.08. The highest BCUT2D eigenvalue weighted by molar-refractivity contribution is 5.95. The second-order valence-electron chi connectivity index (χ2n) is 4.50. The molecule has 1 aromatic rings. The Morgan fingerprint density at radius 2 is 2.25 bits per heavy atom. The molecular weight excluding hydrogens is 210 g/mol. The summed E-state index contributed by atoms with van der Waals surface area (Å²) in [4.78, 5) is 22.1. The largest absolute Gasteiger partial charge is 0.478 e. The third-order valence-electron chi connectivity index (χ3n) is 2.85. The molecule has 1 aromatic heterocycles. The predicted molar refractivity (Wildman–Crippen MR) is 55.3 cm³/mol. The van der Waals surface area contributed by atoms with Crippen molar-refractivity contribution < 1.29 is 19.1 Å². The lowest BCUT2D eigenvalue weighted by atomic mass is 10.1. The number of amides is 1. The molecule has 0 atom stereocenters. The maximum absolute atomic E-state index is 11.6. The van der Waals surface area contributed by atoms with Crippen molar-refractivity contribution in [2.45, 2.75) is 19.8 Å². The van der Waals surface area contributed by atoms with E-state index in [1.165, 1.54) is 6.07 Å². The van der Waals surface area contributed by atoms with Gasteiger partial charge in [-0.25, -0.2) is 4.79 Å². The summed E-state index contributed by atoms with van der Waals surface area (Å²) in [6, 6.07) is 1.23. The maximum Gasteiger partial charge on any atom is 0.338 e. The van der Waals surface area contributed by atoms with Gasteiger partial charge in [0.15, 0.2) is 5.76 Å². The maximum atomic E-state index is 11.6. The van der Waals surface area contributed by atoms with Crippen LogP contribution in [0.3, 0.4) is 0 Å². The van der Waals surface area contributed by atoms with E-state index in [9.17, 15) is 9.59 Å². The quantitative estimate of drug-likeness (QED) is 0.810. The van der Waals surface area contributed by atoms with Gasteiger partial charge < -0.3 is 14.8 Å². The number of carboxylic acids is 1. The molecule has 0 unspecified atom stereocenters. The average Bonchev–Trinajstić information content (AvgIpc) is 2.81. The number of nitrogens with one attached hydrogen (secondary N) is 1.